The number of carbonyl (C=O) groups is 1. The average molecular weight is 312 g/mol. The Morgan fingerprint density at radius 1 is 1.09 bits per heavy atom. The Bertz CT molecular complexity index is 749. The molecule has 0 unspecified atom stereocenters. The van der Waals surface area contributed by atoms with Gasteiger partial charge in [-0.15, -0.1) is 0 Å². The minimum absolute atomic E-state index is 0.237. The van der Waals surface area contributed by atoms with Gasteiger partial charge in [-0.05, 0) is 41.2 Å². The van der Waals surface area contributed by atoms with E-state index in [0.29, 0.717) is 5.75 Å². The average Bonchev–Trinajstić information content (AvgIpc) is 2.60. The fourth-order valence-electron chi connectivity index (χ4n) is 3.28. The molecule has 23 heavy (non-hydrogen) atoms. The molecule has 0 heterocycles. The van der Waals surface area contributed by atoms with Crippen LogP contribution < -0.4 is 9.47 Å². The van der Waals surface area contributed by atoms with E-state index in [-0.39, 0.29) is 12.4 Å². The van der Waals surface area contributed by atoms with Gasteiger partial charge in [-0.25, -0.2) is 0 Å². The molecule has 4 heteroatoms. The smallest absolute Gasteiger partial charge is 0.309 e. The molecular weight excluding hydrogens is 292 g/mol. The molecular formula is C19H20O4. The molecule has 2 aromatic rings. The monoisotopic (exact) mass is 312 g/mol. The number of methoxy groups -OCH3 is 3. The predicted molar refractivity (Wildman–Crippen MR) is 88.1 cm³/mol. The van der Waals surface area contributed by atoms with Crippen molar-refractivity contribution in [3.63, 3.8) is 0 Å². The van der Waals surface area contributed by atoms with Gasteiger partial charge in [0.05, 0.1) is 27.8 Å². The summed E-state index contributed by atoms with van der Waals surface area (Å²) in [6.45, 7) is 0. The summed E-state index contributed by atoms with van der Waals surface area (Å²) < 4.78 is 16.0. The molecule has 120 valence electrons. The lowest BCUT2D eigenvalue weighted by Gasteiger charge is -2.26. The Balaban J connectivity index is 2.26. The van der Waals surface area contributed by atoms with Gasteiger partial charge in [-0.2, -0.15) is 0 Å². The maximum atomic E-state index is 11.8. The van der Waals surface area contributed by atoms with E-state index in [9.17, 15) is 4.79 Å². The summed E-state index contributed by atoms with van der Waals surface area (Å²) in [6.07, 6.45) is 2.06. The Labute approximate surface area is 136 Å². The number of aryl methyl sites for hydroxylation is 1. The van der Waals surface area contributed by atoms with E-state index >= 15 is 0 Å². The molecule has 0 radical (unpaired) electrons. The van der Waals surface area contributed by atoms with Crippen LogP contribution in [0.5, 0.6) is 11.5 Å². The molecule has 0 fully saturated rings. The van der Waals surface area contributed by atoms with Crippen molar-refractivity contribution >= 4 is 5.97 Å². The van der Waals surface area contributed by atoms with E-state index in [1.54, 1.807) is 14.2 Å². The molecule has 0 N–H and O–H groups in total. The number of hydrogen-bond acceptors (Lipinski definition) is 4. The van der Waals surface area contributed by atoms with Gasteiger partial charge in [0.2, 0.25) is 0 Å². The number of ether oxygens (including phenoxy) is 3. The molecule has 0 spiro atoms. The first kappa shape index (κ1) is 15.4. The summed E-state index contributed by atoms with van der Waals surface area (Å²) in [4.78, 5) is 11.8. The van der Waals surface area contributed by atoms with Crippen LogP contribution in [-0.4, -0.2) is 27.3 Å². The molecule has 2 aromatic carbocycles. The quantitative estimate of drug-likeness (QED) is 0.813. The minimum atomic E-state index is -0.252. The van der Waals surface area contributed by atoms with Crippen molar-refractivity contribution in [2.24, 2.45) is 0 Å². The third kappa shape index (κ3) is 2.65. The number of benzene rings is 2. The molecule has 0 aliphatic heterocycles. The highest BCUT2D eigenvalue weighted by Gasteiger charge is 2.26. The molecule has 3 rings (SSSR count). The van der Waals surface area contributed by atoms with E-state index in [0.717, 1.165) is 40.8 Å². The standard InChI is InChI=1S/C19H20O4/c1-21-16-10-13(11-17(20)22-2)15-9-8-12-6-4-5-7-14(12)18(15)19(16)23-3/h4-7,10H,8-9,11H2,1-3H3. The normalized spacial score (nSPS) is 12.1. The van der Waals surface area contributed by atoms with Crippen LogP contribution in [0.25, 0.3) is 11.1 Å². The van der Waals surface area contributed by atoms with Gasteiger partial charge >= 0.3 is 5.97 Å². The minimum Gasteiger partial charge on any atom is -0.493 e. The molecule has 0 saturated carbocycles. The van der Waals surface area contributed by atoms with Gasteiger partial charge in [0.25, 0.3) is 0 Å². The third-order valence-electron chi connectivity index (χ3n) is 4.36. The van der Waals surface area contributed by atoms with Crippen molar-refractivity contribution in [1.82, 2.24) is 0 Å². The third-order valence-corrected chi connectivity index (χ3v) is 4.36. The van der Waals surface area contributed by atoms with Gasteiger partial charge in [-0.3, -0.25) is 4.79 Å². The Kier molecular flexibility index (Phi) is 4.24. The highest BCUT2D eigenvalue weighted by atomic mass is 16.5. The molecule has 1 aliphatic rings. The lowest BCUT2D eigenvalue weighted by Crippen LogP contribution is -2.13. The maximum absolute atomic E-state index is 11.8. The Hall–Kier alpha value is -2.49. The molecule has 0 aromatic heterocycles. The van der Waals surface area contributed by atoms with Gasteiger partial charge < -0.3 is 14.2 Å². The number of rotatable bonds is 4. The zero-order valence-electron chi connectivity index (χ0n) is 13.6. The van der Waals surface area contributed by atoms with Crippen LogP contribution in [0.1, 0.15) is 16.7 Å². The van der Waals surface area contributed by atoms with E-state index in [4.69, 9.17) is 14.2 Å². The van der Waals surface area contributed by atoms with Crippen molar-refractivity contribution in [2.75, 3.05) is 21.3 Å². The van der Waals surface area contributed by atoms with Gasteiger partial charge in [0.1, 0.15) is 0 Å². The summed E-state index contributed by atoms with van der Waals surface area (Å²) in [6, 6.07) is 10.2. The second kappa shape index (κ2) is 6.32. The van der Waals surface area contributed by atoms with E-state index < -0.39 is 0 Å². The Morgan fingerprint density at radius 2 is 1.87 bits per heavy atom. The second-order valence-corrected chi connectivity index (χ2v) is 5.53. The second-order valence-electron chi connectivity index (χ2n) is 5.53. The topological polar surface area (TPSA) is 44.8 Å². The number of hydrogen-bond donors (Lipinski definition) is 0. The van der Waals surface area contributed by atoms with Gasteiger partial charge in [-0.1, -0.05) is 24.3 Å². The fourth-order valence-corrected chi connectivity index (χ4v) is 3.28. The SMILES string of the molecule is COC(=O)Cc1cc(OC)c(OC)c2c1CCc1ccccc1-2. The molecule has 4 nitrogen and oxygen atoms in total. The maximum Gasteiger partial charge on any atom is 0.309 e. The van der Waals surface area contributed by atoms with Crippen LogP contribution in [0.3, 0.4) is 0 Å². The molecule has 0 atom stereocenters. The van der Waals surface area contributed by atoms with E-state index in [1.807, 2.05) is 18.2 Å². The van der Waals surface area contributed by atoms with Crippen LogP contribution in [-0.2, 0) is 28.8 Å². The highest BCUT2D eigenvalue weighted by Crippen LogP contribution is 2.46. The van der Waals surface area contributed by atoms with Gasteiger partial charge in [0.15, 0.2) is 11.5 Å². The largest absolute Gasteiger partial charge is 0.493 e. The lowest BCUT2D eigenvalue weighted by atomic mass is 9.82. The summed E-state index contributed by atoms with van der Waals surface area (Å²) in [5, 5.41) is 0. The fraction of sp³-hybridized carbons (Fsp3) is 0.316. The zero-order chi connectivity index (χ0) is 16.4. The Morgan fingerprint density at radius 3 is 2.57 bits per heavy atom. The van der Waals surface area contributed by atoms with Crippen molar-refractivity contribution in [3.8, 4) is 22.6 Å². The first-order chi connectivity index (χ1) is 11.2. The van der Waals surface area contributed by atoms with E-state index in [1.165, 1.54) is 12.7 Å². The first-order valence-electron chi connectivity index (χ1n) is 7.61. The summed E-state index contributed by atoms with van der Waals surface area (Å²) >= 11 is 0. The van der Waals surface area contributed by atoms with Crippen LogP contribution in [0.15, 0.2) is 30.3 Å². The van der Waals surface area contributed by atoms with Crippen molar-refractivity contribution in [1.29, 1.82) is 0 Å². The van der Waals surface area contributed by atoms with Crippen LogP contribution in [0, 0.1) is 0 Å². The van der Waals surface area contributed by atoms with Crippen molar-refractivity contribution in [2.45, 2.75) is 19.3 Å². The van der Waals surface area contributed by atoms with Gasteiger partial charge in [0, 0.05) is 5.56 Å². The number of esters is 1. The molecule has 1 aliphatic carbocycles. The van der Waals surface area contributed by atoms with Crippen LogP contribution >= 0.6 is 0 Å². The predicted octanol–water partition coefficient (Wildman–Crippen LogP) is 3.18. The molecule has 0 saturated heterocycles. The van der Waals surface area contributed by atoms with Crippen molar-refractivity contribution < 1.29 is 19.0 Å². The van der Waals surface area contributed by atoms with E-state index in [2.05, 4.69) is 12.1 Å². The molecule has 0 bridgehead atoms. The highest BCUT2D eigenvalue weighted by molar-refractivity contribution is 5.84. The van der Waals surface area contributed by atoms with Crippen LogP contribution in [0.2, 0.25) is 0 Å². The zero-order valence-corrected chi connectivity index (χ0v) is 13.6. The summed E-state index contributed by atoms with van der Waals surface area (Å²) in [5.41, 5.74) is 5.56. The number of fused-ring (bicyclic) bond motifs is 3. The van der Waals surface area contributed by atoms with Crippen LogP contribution in [0.4, 0.5) is 0 Å². The molecule has 0 amide bonds. The lowest BCUT2D eigenvalue weighted by molar-refractivity contribution is -0.139. The number of carbonyl (C=O) groups excluding carboxylic acids is 1. The first-order valence-corrected chi connectivity index (χ1v) is 7.61. The summed E-state index contributed by atoms with van der Waals surface area (Å²) in [7, 11) is 4.67. The summed E-state index contributed by atoms with van der Waals surface area (Å²) in [5.74, 6) is 1.11. The van der Waals surface area contributed by atoms with Crippen molar-refractivity contribution in [3.05, 3.63) is 47.0 Å².